The second-order valence-corrected chi connectivity index (χ2v) is 4.69. The molecule has 1 amide bonds. The predicted molar refractivity (Wildman–Crippen MR) is 76.0 cm³/mol. The molecule has 1 aromatic rings. The van der Waals surface area contributed by atoms with Crippen LogP contribution in [0.4, 0.5) is 5.69 Å². The first-order chi connectivity index (χ1) is 8.99. The number of hydrogen-bond donors (Lipinski definition) is 1. The number of nitro benzene ring substituents is 1. The molecule has 1 rings (SSSR count). The van der Waals surface area contributed by atoms with Crippen LogP contribution in [0.3, 0.4) is 0 Å². The van der Waals surface area contributed by atoms with Gasteiger partial charge in [0.05, 0.1) is 17.0 Å². The number of carbonyl (C=O) groups is 1. The van der Waals surface area contributed by atoms with Gasteiger partial charge in [0.2, 0.25) is 0 Å². The van der Waals surface area contributed by atoms with E-state index in [0.29, 0.717) is 3.57 Å². The van der Waals surface area contributed by atoms with Gasteiger partial charge >= 0.3 is 0 Å². The Morgan fingerprint density at radius 2 is 2.11 bits per heavy atom. The predicted octanol–water partition coefficient (Wildman–Crippen LogP) is 1.55. The molecule has 1 N–H and O–H groups in total. The van der Waals surface area contributed by atoms with E-state index in [2.05, 4.69) is 5.32 Å². The summed E-state index contributed by atoms with van der Waals surface area (Å²) >= 11 is 1.95. The van der Waals surface area contributed by atoms with Gasteiger partial charge in [0.1, 0.15) is 0 Å². The maximum Gasteiger partial charge on any atom is 0.270 e. The van der Waals surface area contributed by atoms with Crippen LogP contribution in [-0.2, 0) is 9.47 Å². The van der Waals surface area contributed by atoms with E-state index in [1.54, 1.807) is 0 Å². The summed E-state index contributed by atoms with van der Waals surface area (Å²) in [4.78, 5) is 22.1. The highest BCUT2D eigenvalue weighted by Crippen LogP contribution is 2.19. The molecule has 104 valence electrons. The van der Waals surface area contributed by atoms with Crippen LogP contribution in [-0.4, -0.2) is 37.9 Å². The monoisotopic (exact) mass is 380 g/mol. The summed E-state index contributed by atoms with van der Waals surface area (Å²) < 4.78 is 10.5. The molecule has 1 aromatic carbocycles. The molecule has 0 spiro atoms. The smallest absolute Gasteiger partial charge is 0.270 e. The Hall–Kier alpha value is -1.26. The molecule has 19 heavy (non-hydrogen) atoms. The van der Waals surface area contributed by atoms with Crippen molar-refractivity contribution in [1.29, 1.82) is 0 Å². The number of amides is 1. The number of nitrogens with zero attached hydrogens (tertiary/aromatic N) is 1. The number of non-ortho nitro benzene ring substituents is 1. The molecular formula is C11H13IN2O5. The van der Waals surface area contributed by atoms with Crippen molar-refractivity contribution in [2.45, 2.75) is 6.29 Å². The highest BCUT2D eigenvalue weighted by Gasteiger charge is 2.16. The molecule has 0 atom stereocenters. The highest BCUT2D eigenvalue weighted by atomic mass is 127. The molecule has 0 radical (unpaired) electrons. The highest BCUT2D eigenvalue weighted by molar-refractivity contribution is 14.1. The lowest BCUT2D eigenvalue weighted by Crippen LogP contribution is -2.34. The number of nitro groups is 1. The molecule has 0 saturated heterocycles. The molecule has 7 nitrogen and oxygen atoms in total. The second kappa shape index (κ2) is 7.36. The number of benzene rings is 1. The Morgan fingerprint density at radius 1 is 1.47 bits per heavy atom. The Kier molecular flexibility index (Phi) is 6.12. The summed E-state index contributed by atoms with van der Waals surface area (Å²) in [6.45, 7) is 0.157. The van der Waals surface area contributed by atoms with Crippen LogP contribution < -0.4 is 5.32 Å². The van der Waals surface area contributed by atoms with Crippen molar-refractivity contribution in [1.82, 2.24) is 5.32 Å². The lowest BCUT2D eigenvalue weighted by Gasteiger charge is -2.14. The first kappa shape index (κ1) is 15.8. The van der Waals surface area contributed by atoms with Gasteiger partial charge in [-0.2, -0.15) is 0 Å². The number of hydrogen-bond acceptors (Lipinski definition) is 5. The number of halogens is 1. The lowest BCUT2D eigenvalue weighted by atomic mass is 10.2. The molecule has 0 aliphatic rings. The Bertz CT molecular complexity index is 476. The van der Waals surface area contributed by atoms with Crippen molar-refractivity contribution >= 4 is 34.2 Å². The normalized spacial score (nSPS) is 10.5. The topological polar surface area (TPSA) is 90.7 Å². The molecule has 0 saturated carbocycles. The number of rotatable bonds is 6. The van der Waals surface area contributed by atoms with E-state index in [1.807, 2.05) is 22.6 Å². The van der Waals surface area contributed by atoms with Crippen molar-refractivity contribution in [3.63, 3.8) is 0 Å². The summed E-state index contributed by atoms with van der Waals surface area (Å²) in [7, 11) is 2.91. The summed E-state index contributed by atoms with van der Waals surface area (Å²) in [5, 5.41) is 13.3. The molecule has 0 aliphatic heterocycles. The quantitative estimate of drug-likeness (QED) is 0.350. The van der Waals surface area contributed by atoms with Crippen LogP contribution in [0.15, 0.2) is 18.2 Å². The van der Waals surface area contributed by atoms with E-state index in [1.165, 1.54) is 32.4 Å². The molecule has 0 unspecified atom stereocenters. The first-order valence-corrected chi connectivity index (χ1v) is 6.35. The number of methoxy groups -OCH3 is 2. The van der Waals surface area contributed by atoms with Gasteiger partial charge in [-0.3, -0.25) is 14.9 Å². The van der Waals surface area contributed by atoms with E-state index in [4.69, 9.17) is 9.47 Å². The molecule has 0 aromatic heterocycles. The Balaban J connectivity index is 2.81. The van der Waals surface area contributed by atoms with Crippen LogP contribution in [0.2, 0.25) is 0 Å². The molecule has 0 heterocycles. The Morgan fingerprint density at radius 3 is 2.63 bits per heavy atom. The van der Waals surface area contributed by atoms with Crippen molar-refractivity contribution < 1.29 is 19.2 Å². The minimum atomic E-state index is -0.555. The van der Waals surface area contributed by atoms with Crippen LogP contribution in [0.5, 0.6) is 0 Å². The third-order valence-corrected chi connectivity index (χ3v) is 3.30. The average Bonchev–Trinajstić information content (AvgIpc) is 2.39. The van der Waals surface area contributed by atoms with Gasteiger partial charge < -0.3 is 14.8 Å². The minimum absolute atomic E-state index is 0.124. The van der Waals surface area contributed by atoms with Gasteiger partial charge in [-0.15, -0.1) is 0 Å². The number of ether oxygens (including phenoxy) is 2. The maximum absolute atomic E-state index is 11.9. The molecule has 0 bridgehead atoms. The number of carbonyl (C=O) groups excluding carboxylic acids is 1. The fraction of sp³-hybridized carbons (Fsp3) is 0.364. The molecule has 0 aliphatic carbocycles. The Labute approximate surface area is 123 Å². The van der Waals surface area contributed by atoms with E-state index >= 15 is 0 Å². The first-order valence-electron chi connectivity index (χ1n) is 5.27. The zero-order valence-electron chi connectivity index (χ0n) is 10.4. The summed E-state index contributed by atoms with van der Waals surface area (Å²) in [5.74, 6) is -0.410. The molecular weight excluding hydrogens is 367 g/mol. The SMILES string of the molecule is COC(CNC(=O)c1cc([N+](=O)[O-])ccc1I)OC. The van der Waals surface area contributed by atoms with Crippen molar-refractivity contribution in [2.75, 3.05) is 20.8 Å². The standard InChI is InChI=1S/C11H13IN2O5/c1-18-10(19-2)6-13-11(15)8-5-7(14(16)17)3-4-9(8)12/h3-5,10H,6H2,1-2H3,(H,13,15). The summed E-state index contributed by atoms with van der Waals surface area (Å²) in [6.07, 6.45) is -0.555. The van der Waals surface area contributed by atoms with E-state index in [-0.39, 0.29) is 17.8 Å². The maximum atomic E-state index is 11.9. The third kappa shape index (κ3) is 4.40. The van der Waals surface area contributed by atoms with Crippen LogP contribution >= 0.6 is 22.6 Å². The van der Waals surface area contributed by atoms with Gasteiger partial charge in [0, 0.05) is 29.9 Å². The van der Waals surface area contributed by atoms with E-state index < -0.39 is 17.1 Å². The zero-order chi connectivity index (χ0) is 14.4. The van der Waals surface area contributed by atoms with Gasteiger partial charge in [-0.25, -0.2) is 0 Å². The molecule has 8 heteroatoms. The van der Waals surface area contributed by atoms with Crippen molar-refractivity contribution in [3.05, 3.63) is 37.4 Å². The summed E-state index contributed by atoms with van der Waals surface area (Å²) in [5.41, 5.74) is 0.126. The fourth-order valence-electron chi connectivity index (χ4n) is 1.33. The largest absolute Gasteiger partial charge is 0.354 e. The third-order valence-electron chi connectivity index (χ3n) is 2.36. The lowest BCUT2D eigenvalue weighted by molar-refractivity contribution is -0.384. The van der Waals surface area contributed by atoms with Gasteiger partial charge in [-0.05, 0) is 28.7 Å². The number of nitrogens with one attached hydrogen (secondary N) is 1. The second-order valence-electron chi connectivity index (χ2n) is 3.53. The average molecular weight is 380 g/mol. The molecule has 0 fully saturated rings. The van der Waals surface area contributed by atoms with Crippen molar-refractivity contribution in [3.8, 4) is 0 Å². The van der Waals surface area contributed by atoms with E-state index in [0.717, 1.165) is 0 Å². The summed E-state index contributed by atoms with van der Waals surface area (Å²) in [6, 6.07) is 4.12. The zero-order valence-corrected chi connectivity index (χ0v) is 12.5. The van der Waals surface area contributed by atoms with Crippen molar-refractivity contribution in [2.24, 2.45) is 0 Å². The van der Waals surface area contributed by atoms with E-state index in [9.17, 15) is 14.9 Å². The van der Waals surface area contributed by atoms with Gasteiger partial charge in [0.25, 0.3) is 11.6 Å². The van der Waals surface area contributed by atoms with Crippen LogP contribution in [0.1, 0.15) is 10.4 Å². The fourth-order valence-corrected chi connectivity index (χ4v) is 1.92. The van der Waals surface area contributed by atoms with Gasteiger partial charge in [-0.1, -0.05) is 0 Å². The minimum Gasteiger partial charge on any atom is -0.354 e. The van der Waals surface area contributed by atoms with Crippen LogP contribution in [0, 0.1) is 13.7 Å². The van der Waals surface area contributed by atoms with Crippen LogP contribution in [0.25, 0.3) is 0 Å². The van der Waals surface area contributed by atoms with Gasteiger partial charge in [0.15, 0.2) is 6.29 Å².